The number of unbranched alkanes of at least 4 members (excludes halogenated alkanes) is 3. The summed E-state index contributed by atoms with van der Waals surface area (Å²) in [6.45, 7) is 4.65. The third-order valence-corrected chi connectivity index (χ3v) is 7.85. The van der Waals surface area contributed by atoms with Gasteiger partial charge in [-0.25, -0.2) is 0 Å². The molecule has 3 rings (SSSR count). The Hall–Kier alpha value is -1.19. The summed E-state index contributed by atoms with van der Waals surface area (Å²) >= 11 is 3.65. The van der Waals surface area contributed by atoms with Gasteiger partial charge < -0.3 is 25.4 Å². The number of aliphatic hydroxyl groups excluding tert-OH is 1. The number of halogens is 1. The highest BCUT2D eigenvalue weighted by molar-refractivity contribution is 9.09. The van der Waals surface area contributed by atoms with Crippen LogP contribution in [0.15, 0.2) is 0 Å². The number of amides is 3. The van der Waals surface area contributed by atoms with Crippen molar-refractivity contribution in [2.75, 3.05) is 20.2 Å². The van der Waals surface area contributed by atoms with E-state index in [1.807, 2.05) is 6.92 Å². The number of ether oxygens (including phenoxy) is 1. The van der Waals surface area contributed by atoms with Crippen LogP contribution >= 0.6 is 15.9 Å². The quantitative estimate of drug-likeness (QED) is 0.292. The van der Waals surface area contributed by atoms with Crippen LogP contribution in [-0.4, -0.2) is 76.5 Å². The molecule has 0 saturated carbocycles. The lowest BCUT2D eigenvalue weighted by Crippen LogP contribution is -2.57. The molecule has 7 atom stereocenters. The highest BCUT2D eigenvalue weighted by Crippen LogP contribution is 2.59. The second kappa shape index (κ2) is 10.2. The summed E-state index contributed by atoms with van der Waals surface area (Å²) in [6.07, 6.45) is 5.14. The van der Waals surface area contributed by atoms with Crippen molar-refractivity contribution in [2.24, 2.45) is 11.8 Å². The van der Waals surface area contributed by atoms with Gasteiger partial charge in [0, 0.05) is 31.1 Å². The molecule has 0 aromatic carbocycles. The maximum atomic E-state index is 13.6. The van der Waals surface area contributed by atoms with Crippen LogP contribution < -0.4 is 10.6 Å². The first-order valence-corrected chi connectivity index (χ1v) is 12.5. The van der Waals surface area contributed by atoms with E-state index in [1.54, 1.807) is 11.9 Å². The molecule has 3 aliphatic heterocycles. The zero-order chi connectivity index (χ0) is 22.8. The van der Waals surface area contributed by atoms with Crippen molar-refractivity contribution in [3.05, 3.63) is 0 Å². The Morgan fingerprint density at radius 3 is 2.65 bits per heavy atom. The summed E-state index contributed by atoms with van der Waals surface area (Å²) in [5.74, 6) is -1.79. The summed E-state index contributed by atoms with van der Waals surface area (Å²) in [4.78, 5) is 41.3. The lowest BCUT2D eigenvalue weighted by molar-refractivity contribution is -0.142. The van der Waals surface area contributed by atoms with Crippen LogP contribution in [0.25, 0.3) is 0 Å². The van der Waals surface area contributed by atoms with E-state index in [0.717, 1.165) is 38.5 Å². The van der Waals surface area contributed by atoms with E-state index in [2.05, 4.69) is 33.5 Å². The zero-order valence-electron chi connectivity index (χ0n) is 18.7. The Morgan fingerprint density at radius 1 is 1.29 bits per heavy atom. The number of nitrogens with one attached hydrogen (secondary N) is 2. The van der Waals surface area contributed by atoms with E-state index in [-0.39, 0.29) is 35.2 Å². The second-order valence-electron chi connectivity index (χ2n) is 9.15. The van der Waals surface area contributed by atoms with Crippen LogP contribution in [0.4, 0.5) is 0 Å². The van der Waals surface area contributed by atoms with Crippen molar-refractivity contribution in [1.29, 1.82) is 0 Å². The molecule has 1 spiro atoms. The van der Waals surface area contributed by atoms with Crippen LogP contribution in [0.5, 0.6) is 0 Å². The fraction of sp³-hybridized carbons (Fsp3) is 0.864. The van der Waals surface area contributed by atoms with E-state index in [4.69, 9.17) is 9.84 Å². The highest BCUT2D eigenvalue weighted by atomic mass is 79.9. The van der Waals surface area contributed by atoms with Crippen molar-refractivity contribution >= 4 is 33.7 Å². The molecule has 0 aromatic rings. The predicted molar refractivity (Wildman–Crippen MR) is 120 cm³/mol. The lowest BCUT2D eigenvalue weighted by atomic mass is 9.70. The number of fused-ring (bicyclic) bond motifs is 1. The molecule has 3 N–H and O–H groups in total. The third-order valence-electron chi connectivity index (χ3n) is 7.00. The van der Waals surface area contributed by atoms with Gasteiger partial charge in [0.1, 0.15) is 11.6 Å². The van der Waals surface area contributed by atoms with Crippen molar-refractivity contribution in [3.63, 3.8) is 0 Å². The van der Waals surface area contributed by atoms with E-state index in [1.165, 1.54) is 0 Å². The van der Waals surface area contributed by atoms with Crippen LogP contribution in [0.3, 0.4) is 0 Å². The minimum absolute atomic E-state index is 0.00237. The average Bonchev–Trinajstić information content (AvgIpc) is 3.31. The molecule has 9 heteroatoms. The Labute approximate surface area is 193 Å². The molecular formula is C22H36BrN3O5. The molecule has 176 valence electrons. The highest BCUT2D eigenvalue weighted by Gasteiger charge is 2.76. The van der Waals surface area contributed by atoms with Crippen molar-refractivity contribution in [2.45, 2.75) is 87.4 Å². The Balaban J connectivity index is 1.88. The van der Waals surface area contributed by atoms with Crippen molar-refractivity contribution in [3.8, 4) is 0 Å². The van der Waals surface area contributed by atoms with Gasteiger partial charge in [0.15, 0.2) is 0 Å². The van der Waals surface area contributed by atoms with E-state index in [0.29, 0.717) is 13.0 Å². The summed E-state index contributed by atoms with van der Waals surface area (Å²) in [5.41, 5.74) is -0.978. The van der Waals surface area contributed by atoms with Gasteiger partial charge in [-0.3, -0.25) is 14.4 Å². The van der Waals surface area contributed by atoms with Crippen molar-refractivity contribution < 1.29 is 24.2 Å². The first kappa shape index (κ1) is 24.5. The van der Waals surface area contributed by atoms with Gasteiger partial charge >= 0.3 is 0 Å². The van der Waals surface area contributed by atoms with Crippen molar-refractivity contribution in [1.82, 2.24) is 15.5 Å². The lowest BCUT2D eigenvalue weighted by Gasteiger charge is -2.34. The summed E-state index contributed by atoms with van der Waals surface area (Å²) in [6, 6.07) is -0.732. The molecule has 3 aliphatic rings. The molecule has 8 nitrogen and oxygen atoms in total. The second-order valence-corrected chi connectivity index (χ2v) is 10.3. The first-order valence-electron chi connectivity index (χ1n) is 11.6. The molecule has 3 amide bonds. The minimum atomic E-state index is -0.978. The van der Waals surface area contributed by atoms with Gasteiger partial charge in [-0.2, -0.15) is 0 Å². The topological polar surface area (TPSA) is 108 Å². The SMILES string of the molecule is CCCC(C)NC(=O)C1N(CCCCCCO)C(=O)[C@@H]2[C@@H](C(=O)NC)[C@@H]3OC12CC3Br. The molecule has 31 heavy (non-hydrogen) atoms. The molecule has 3 fully saturated rings. The molecule has 3 saturated heterocycles. The fourth-order valence-electron chi connectivity index (χ4n) is 5.71. The maximum absolute atomic E-state index is 13.6. The summed E-state index contributed by atoms with van der Waals surface area (Å²) in [7, 11) is 1.57. The van der Waals surface area contributed by atoms with Gasteiger partial charge in [0.2, 0.25) is 17.7 Å². The number of likely N-dealkylation sites (tertiary alicyclic amines) is 1. The van der Waals surface area contributed by atoms with Crippen LogP contribution in [0.2, 0.25) is 0 Å². The van der Waals surface area contributed by atoms with Crippen LogP contribution in [-0.2, 0) is 19.1 Å². The molecule has 0 radical (unpaired) electrons. The number of alkyl halides is 1. The normalized spacial score (nSPS) is 34.7. The number of hydrogen-bond acceptors (Lipinski definition) is 5. The first-order chi connectivity index (χ1) is 14.8. The Kier molecular flexibility index (Phi) is 8.02. The van der Waals surface area contributed by atoms with E-state index in [9.17, 15) is 14.4 Å². The third kappa shape index (κ3) is 4.37. The van der Waals surface area contributed by atoms with Gasteiger partial charge in [-0.1, -0.05) is 42.1 Å². The van der Waals surface area contributed by atoms with Gasteiger partial charge in [0.25, 0.3) is 0 Å². The fourth-order valence-corrected chi connectivity index (χ4v) is 6.65. The molecule has 4 unspecified atom stereocenters. The number of carbonyl (C=O) groups excluding carboxylic acids is 3. The summed E-state index contributed by atoms with van der Waals surface area (Å²) in [5, 5.41) is 14.8. The number of carbonyl (C=O) groups is 3. The zero-order valence-corrected chi connectivity index (χ0v) is 20.3. The molecule has 0 aromatic heterocycles. The smallest absolute Gasteiger partial charge is 0.246 e. The number of hydrogen-bond donors (Lipinski definition) is 3. The minimum Gasteiger partial charge on any atom is -0.396 e. The predicted octanol–water partition coefficient (Wildman–Crippen LogP) is 1.34. The molecule has 3 heterocycles. The number of aliphatic hydroxyl groups is 1. The van der Waals surface area contributed by atoms with Crippen LogP contribution in [0.1, 0.15) is 58.8 Å². The van der Waals surface area contributed by atoms with Gasteiger partial charge in [-0.15, -0.1) is 0 Å². The van der Waals surface area contributed by atoms with E-state index < -0.39 is 29.6 Å². The number of nitrogens with zero attached hydrogens (tertiary/aromatic N) is 1. The average molecular weight is 502 g/mol. The largest absolute Gasteiger partial charge is 0.396 e. The Bertz CT molecular complexity index is 692. The van der Waals surface area contributed by atoms with Gasteiger partial charge in [0.05, 0.1) is 17.9 Å². The molecule has 2 bridgehead atoms. The number of rotatable bonds is 11. The summed E-state index contributed by atoms with van der Waals surface area (Å²) < 4.78 is 6.39. The molecular weight excluding hydrogens is 466 g/mol. The van der Waals surface area contributed by atoms with Gasteiger partial charge in [-0.05, 0) is 32.6 Å². The maximum Gasteiger partial charge on any atom is 0.246 e. The molecule has 0 aliphatic carbocycles. The Morgan fingerprint density at radius 2 is 2.00 bits per heavy atom. The monoisotopic (exact) mass is 501 g/mol. The standard InChI is InChI=1S/C22H36BrN3O5/c1-4-9-13(2)25-20(29)18-22-12-14(23)17(31-22)15(19(28)24-3)16(22)21(30)26(18)10-7-5-6-8-11-27/h13-18,27H,4-12H2,1-3H3,(H,24,28)(H,25,29)/t13?,14?,15-,16+,17-,18?,22?/m1/s1. The van der Waals surface area contributed by atoms with Crippen LogP contribution in [0, 0.1) is 11.8 Å². The van der Waals surface area contributed by atoms with E-state index >= 15 is 0 Å².